The molecule has 0 radical (unpaired) electrons. The van der Waals surface area contributed by atoms with Crippen molar-refractivity contribution in [2.45, 2.75) is 26.7 Å². The van der Waals surface area contributed by atoms with Crippen LogP contribution in [-0.4, -0.2) is 0 Å². The molecule has 0 aromatic rings. The summed E-state index contributed by atoms with van der Waals surface area (Å²) in [5.74, 6) is 0. The molecule has 18 heavy (non-hydrogen) atoms. The largest absolute Gasteiger partial charge is 0.147 e. The predicted octanol–water partition coefficient (Wildman–Crippen LogP) is 5.07. The molecule has 0 nitrogen and oxygen atoms in total. The summed E-state index contributed by atoms with van der Waals surface area (Å²) in [6.07, 6.45) is 20.4. The van der Waals surface area contributed by atoms with E-state index in [0.29, 0.717) is 0 Å². The van der Waals surface area contributed by atoms with Crippen LogP contribution in [0.3, 0.4) is 0 Å². The maximum absolute atomic E-state index is 2.31. The van der Waals surface area contributed by atoms with Gasteiger partial charge in [-0.1, -0.05) is 0 Å². The molecule has 0 aromatic carbocycles. The van der Waals surface area contributed by atoms with E-state index in [2.05, 4.69) is 62.5 Å². The molecule has 0 bridgehead atoms. The molecule has 0 amide bonds. The van der Waals surface area contributed by atoms with Crippen molar-refractivity contribution >= 4 is 12.4 Å². The van der Waals surface area contributed by atoms with E-state index in [1.807, 2.05) is 0 Å². The van der Waals surface area contributed by atoms with Crippen molar-refractivity contribution in [3.8, 4) is 0 Å². The Bertz CT molecular complexity index is 429. The number of hydrogen-bond donors (Lipinski definition) is 0. The van der Waals surface area contributed by atoms with Crippen LogP contribution in [0.1, 0.15) is 26.7 Å². The molecule has 0 aliphatic heterocycles. The van der Waals surface area contributed by atoms with E-state index in [0.717, 1.165) is 0 Å². The van der Waals surface area contributed by atoms with Gasteiger partial charge in [0.05, 0.1) is 0 Å². The molecular formula is C16H19ClZr. The van der Waals surface area contributed by atoms with Crippen LogP contribution in [0.5, 0.6) is 0 Å². The van der Waals surface area contributed by atoms with Crippen LogP contribution in [0.4, 0.5) is 0 Å². The monoisotopic (exact) mass is 336 g/mol. The predicted molar refractivity (Wildman–Crippen MR) is 78.4 cm³/mol. The Kier molecular flexibility index (Phi) is 6.89. The minimum absolute atomic E-state index is 0. The summed E-state index contributed by atoms with van der Waals surface area (Å²) in [6, 6.07) is 0. The first kappa shape index (κ1) is 15.7. The van der Waals surface area contributed by atoms with Crippen LogP contribution in [-0.2, 0) is 23.2 Å². The fourth-order valence-electron chi connectivity index (χ4n) is 2.14. The topological polar surface area (TPSA) is 0 Å². The fourth-order valence-corrected chi connectivity index (χ4v) is 5.65. The van der Waals surface area contributed by atoms with Gasteiger partial charge in [-0.2, -0.15) is 0 Å². The van der Waals surface area contributed by atoms with Crippen LogP contribution < -0.4 is 0 Å². The fraction of sp³-hybridized carbons (Fsp3) is 0.250. The summed E-state index contributed by atoms with van der Waals surface area (Å²) in [6.45, 7) is 4.20. The normalized spacial score (nSPS) is 18.6. The van der Waals surface area contributed by atoms with Crippen LogP contribution in [0, 0.1) is 0 Å². The first-order valence-electron chi connectivity index (χ1n) is 6.17. The van der Waals surface area contributed by atoms with Crippen LogP contribution in [0.25, 0.3) is 0 Å². The maximum Gasteiger partial charge on any atom is -0.147 e. The molecular weight excluding hydrogens is 319 g/mol. The Morgan fingerprint density at radius 3 is 1.72 bits per heavy atom. The minimum atomic E-state index is -0.545. The number of hydrogen-bond acceptors (Lipinski definition) is 0. The summed E-state index contributed by atoms with van der Waals surface area (Å²) < 4.78 is 3.46. The molecule has 94 valence electrons. The summed E-state index contributed by atoms with van der Waals surface area (Å²) >= 11 is -0.545. The molecule has 0 aromatic heterocycles. The van der Waals surface area contributed by atoms with Gasteiger partial charge in [0.15, 0.2) is 0 Å². The second kappa shape index (κ2) is 7.92. The molecule has 2 aliphatic rings. The molecule has 0 saturated carbocycles. The number of halogens is 1. The van der Waals surface area contributed by atoms with Gasteiger partial charge >= 0.3 is 116 Å². The molecule has 0 atom stereocenters. The molecule has 2 rings (SSSR count). The van der Waals surface area contributed by atoms with Gasteiger partial charge in [0.25, 0.3) is 0 Å². The standard InChI is InChI=1S/2C8H9.ClH.Zr/c2*1-2-5-8-6-3-4-7-8;;/h2*2-3,5-6H,4H2,1H3;1H;. The molecule has 0 N–H and O–H groups in total. The molecule has 0 fully saturated rings. The summed E-state index contributed by atoms with van der Waals surface area (Å²) in [5, 5.41) is 0. The smallest absolute Gasteiger partial charge is 0.147 e. The SMILES string of the molecule is CC=CC1=[C]([Zr][C]2=C(C=CC)C=CC2)CC=C1.Cl. The van der Waals surface area contributed by atoms with Gasteiger partial charge < -0.3 is 0 Å². The summed E-state index contributed by atoms with van der Waals surface area (Å²) in [7, 11) is 0. The third-order valence-corrected chi connectivity index (χ3v) is 6.84. The number of allylic oxidation sites excluding steroid dienone is 12. The molecule has 0 heterocycles. The Labute approximate surface area is 128 Å². The Hall–Kier alpha value is -0.387. The van der Waals surface area contributed by atoms with Gasteiger partial charge in [0.2, 0.25) is 0 Å². The third kappa shape index (κ3) is 3.80. The molecule has 2 heteroatoms. The average Bonchev–Trinajstić information content (AvgIpc) is 2.92. The van der Waals surface area contributed by atoms with Crippen molar-refractivity contribution in [3.05, 3.63) is 66.3 Å². The van der Waals surface area contributed by atoms with Crippen LogP contribution >= 0.6 is 12.4 Å². The minimum Gasteiger partial charge on any atom is -0.147 e. The zero-order valence-corrected chi connectivity index (χ0v) is 14.2. The van der Waals surface area contributed by atoms with E-state index in [-0.39, 0.29) is 12.4 Å². The second-order valence-corrected chi connectivity index (χ2v) is 7.79. The van der Waals surface area contributed by atoms with Crippen molar-refractivity contribution in [2.75, 3.05) is 0 Å². The van der Waals surface area contributed by atoms with E-state index < -0.39 is 23.2 Å². The van der Waals surface area contributed by atoms with Gasteiger partial charge in [0.1, 0.15) is 0 Å². The Morgan fingerprint density at radius 1 is 0.889 bits per heavy atom. The van der Waals surface area contributed by atoms with Crippen molar-refractivity contribution in [1.29, 1.82) is 0 Å². The van der Waals surface area contributed by atoms with E-state index >= 15 is 0 Å². The molecule has 0 saturated heterocycles. The first-order chi connectivity index (χ1) is 8.35. The Morgan fingerprint density at radius 2 is 1.33 bits per heavy atom. The summed E-state index contributed by atoms with van der Waals surface area (Å²) in [4.78, 5) is 0. The maximum atomic E-state index is 2.31. The molecule has 0 unspecified atom stereocenters. The van der Waals surface area contributed by atoms with Crippen LogP contribution in [0.2, 0.25) is 0 Å². The van der Waals surface area contributed by atoms with Gasteiger partial charge in [-0.3, -0.25) is 0 Å². The van der Waals surface area contributed by atoms with Crippen molar-refractivity contribution in [3.63, 3.8) is 0 Å². The van der Waals surface area contributed by atoms with Crippen LogP contribution in [0.15, 0.2) is 66.3 Å². The van der Waals surface area contributed by atoms with Gasteiger partial charge in [-0.25, -0.2) is 0 Å². The zero-order valence-electron chi connectivity index (χ0n) is 10.9. The van der Waals surface area contributed by atoms with E-state index in [1.54, 1.807) is 6.56 Å². The van der Waals surface area contributed by atoms with Crippen molar-refractivity contribution in [1.82, 2.24) is 0 Å². The average molecular weight is 338 g/mol. The van der Waals surface area contributed by atoms with E-state index in [1.165, 1.54) is 24.0 Å². The quantitative estimate of drug-likeness (QED) is 0.671. The van der Waals surface area contributed by atoms with Crippen molar-refractivity contribution < 1.29 is 23.2 Å². The van der Waals surface area contributed by atoms with E-state index in [4.69, 9.17) is 0 Å². The van der Waals surface area contributed by atoms with Crippen molar-refractivity contribution in [2.24, 2.45) is 0 Å². The van der Waals surface area contributed by atoms with Gasteiger partial charge in [-0.05, 0) is 0 Å². The van der Waals surface area contributed by atoms with Gasteiger partial charge in [-0.15, -0.1) is 12.4 Å². The third-order valence-electron chi connectivity index (χ3n) is 2.93. The Balaban J connectivity index is 0.00000162. The first-order valence-corrected chi connectivity index (χ1v) is 8.62. The second-order valence-electron chi connectivity index (χ2n) is 4.21. The van der Waals surface area contributed by atoms with E-state index in [9.17, 15) is 0 Å². The zero-order chi connectivity index (χ0) is 12.1. The number of rotatable bonds is 4. The molecule has 0 spiro atoms. The summed E-state index contributed by atoms with van der Waals surface area (Å²) in [5.41, 5.74) is 2.97. The van der Waals surface area contributed by atoms with Gasteiger partial charge in [0, 0.05) is 0 Å². The molecule has 2 aliphatic carbocycles.